The van der Waals surface area contributed by atoms with E-state index in [1.807, 2.05) is 6.20 Å². The second-order valence-corrected chi connectivity index (χ2v) is 7.69. The highest BCUT2D eigenvalue weighted by atomic mass is 16.3. The Morgan fingerprint density at radius 3 is 2.76 bits per heavy atom. The molecular formula is C18H22N2O. The van der Waals surface area contributed by atoms with Gasteiger partial charge in [0.1, 0.15) is 0 Å². The number of fused-ring (bicyclic) bond motifs is 1. The lowest BCUT2D eigenvalue weighted by Crippen LogP contribution is -2.59. The molecule has 0 radical (unpaired) electrons. The predicted octanol–water partition coefficient (Wildman–Crippen LogP) is 3.00. The molecule has 0 aliphatic heterocycles. The number of hydrogen-bond acceptors (Lipinski definition) is 3. The molecule has 110 valence electrons. The van der Waals surface area contributed by atoms with E-state index >= 15 is 0 Å². The van der Waals surface area contributed by atoms with E-state index in [9.17, 15) is 5.11 Å². The molecule has 3 unspecified atom stereocenters. The van der Waals surface area contributed by atoms with Crippen molar-refractivity contribution in [1.82, 2.24) is 4.98 Å². The summed E-state index contributed by atoms with van der Waals surface area (Å²) in [5.41, 5.74) is 3.39. The van der Waals surface area contributed by atoms with Crippen LogP contribution < -0.4 is 5.32 Å². The molecule has 3 heteroatoms. The predicted molar refractivity (Wildman–Crippen MR) is 82.9 cm³/mol. The highest BCUT2D eigenvalue weighted by Gasteiger charge is 2.54. The van der Waals surface area contributed by atoms with Crippen molar-refractivity contribution < 1.29 is 5.11 Å². The van der Waals surface area contributed by atoms with Crippen LogP contribution in [0.1, 0.15) is 43.4 Å². The molecule has 21 heavy (non-hydrogen) atoms. The second kappa shape index (κ2) is 4.10. The fourth-order valence-corrected chi connectivity index (χ4v) is 5.68. The number of allylic oxidation sites excluding steroid dienone is 1. The van der Waals surface area contributed by atoms with Gasteiger partial charge in [0.15, 0.2) is 0 Å². The topological polar surface area (TPSA) is 45.1 Å². The van der Waals surface area contributed by atoms with Crippen molar-refractivity contribution in [2.75, 3.05) is 5.32 Å². The van der Waals surface area contributed by atoms with Gasteiger partial charge < -0.3 is 10.4 Å². The molecular weight excluding hydrogens is 260 g/mol. The van der Waals surface area contributed by atoms with Crippen LogP contribution in [0.3, 0.4) is 0 Å². The number of aromatic nitrogens is 1. The van der Waals surface area contributed by atoms with Crippen molar-refractivity contribution in [3.63, 3.8) is 0 Å². The Morgan fingerprint density at radius 2 is 2.00 bits per heavy atom. The number of aliphatic hydroxyl groups is 1. The molecule has 1 heterocycles. The van der Waals surface area contributed by atoms with Crippen LogP contribution in [-0.2, 0) is 6.42 Å². The Bertz CT molecular complexity index is 608. The van der Waals surface area contributed by atoms with Crippen LogP contribution in [0.2, 0.25) is 0 Å². The SMILES string of the molecule is OC12CC3C[C@H](C1)C(Nc1ccnc4c1C=CC4)[C@@H](C3)C2. The summed E-state index contributed by atoms with van der Waals surface area (Å²) in [6.45, 7) is 0. The minimum absolute atomic E-state index is 0.339. The van der Waals surface area contributed by atoms with Gasteiger partial charge in [-0.25, -0.2) is 0 Å². The van der Waals surface area contributed by atoms with Crippen LogP contribution >= 0.6 is 0 Å². The summed E-state index contributed by atoms with van der Waals surface area (Å²) in [7, 11) is 0. The first-order valence-electron chi connectivity index (χ1n) is 8.33. The molecule has 1 aromatic heterocycles. The van der Waals surface area contributed by atoms with E-state index in [1.54, 1.807) is 0 Å². The van der Waals surface area contributed by atoms with Crippen molar-refractivity contribution >= 4 is 11.8 Å². The summed E-state index contributed by atoms with van der Waals surface area (Å²) in [5, 5.41) is 14.5. The maximum absolute atomic E-state index is 10.7. The molecule has 3 nitrogen and oxygen atoms in total. The second-order valence-electron chi connectivity index (χ2n) is 7.69. The Morgan fingerprint density at radius 1 is 1.19 bits per heavy atom. The minimum atomic E-state index is -0.339. The number of nitrogens with one attached hydrogen (secondary N) is 1. The van der Waals surface area contributed by atoms with E-state index in [0.717, 1.165) is 31.6 Å². The Balaban J connectivity index is 1.45. The van der Waals surface area contributed by atoms with E-state index in [2.05, 4.69) is 28.5 Å². The van der Waals surface area contributed by atoms with Crippen molar-refractivity contribution in [1.29, 1.82) is 0 Å². The minimum Gasteiger partial charge on any atom is -0.390 e. The summed E-state index contributed by atoms with van der Waals surface area (Å²) in [6, 6.07) is 2.66. The number of rotatable bonds is 2. The van der Waals surface area contributed by atoms with E-state index in [-0.39, 0.29) is 5.60 Å². The molecule has 0 aromatic carbocycles. The number of pyridine rings is 1. The summed E-state index contributed by atoms with van der Waals surface area (Å²) in [5.74, 6) is 2.07. The standard InChI is InChI=1S/C18H22N2O/c21-18-8-11-6-12(9-18)17(13(7-11)10-18)20-16-4-5-19-15-3-1-2-14(15)16/h1-2,4-5,11-13,17,21H,3,6-10H2,(H,19,20)/t11?,12-,13+,17?,18?. The van der Waals surface area contributed by atoms with E-state index < -0.39 is 0 Å². The number of hydrogen-bond donors (Lipinski definition) is 2. The fourth-order valence-electron chi connectivity index (χ4n) is 5.68. The van der Waals surface area contributed by atoms with Gasteiger partial charge in [-0.2, -0.15) is 0 Å². The molecule has 0 spiro atoms. The molecule has 0 amide bonds. The van der Waals surface area contributed by atoms with Crippen molar-refractivity contribution in [2.24, 2.45) is 17.8 Å². The molecule has 6 rings (SSSR count). The van der Waals surface area contributed by atoms with E-state index in [4.69, 9.17) is 0 Å². The number of anilines is 1. The summed E-state index contributed by atoms with van der Waals surface area (Å²) >= 11 is 0. The zero-order valence-electron chi connectivity index (χ0n) is 12.3. The Kier molecular flexibility index (Phi) is 2.38. The van der Waals surface area contributed by atoms with Crippen molar-refractivity contribution in [3.05, 3.63) is 29.6 Å². The van der Waals surface area contributed by atoms with Gasteiger partial charge in [0.05, 0.1) is 11.3 Å². The molecule has 4 fully saturated rings. The lowest BCUT2D eigenvalue weighted by molar-refractivity contribution is -0.129. The molecule has 4 saturated carbocycles. The quantitative estimate of drug-likeness (QED) is 0.876. The zero-order chi connectivity index (χ0) is 14.0. The van der Waals surface area contributed by atoms with Gasteiger partial charge >= 0.3 is 0 Å². The van der Waals surface area contributed by atoms with Crippen molar-refractivity contribution in [3.8, 4) is 0 Å². The summed E-state index contributed by atoms with van der Waals surface area (Å²) in [4.78, 5) is 4.47. The van der Waals surface area contributed by atoms with E-state index in [1.165, 1.54) is 29.8 Å². The van der Waals surface area contributed by atoms with Crippen LogP contribution in [0, 0.1) is 17.8 Å². The summed E-state index contributed by atoms with van der Waals surface area (Å²) < 4.78 is 0. The lowest BCUT2D eigenvalue weighted by atomic mass is 9.52. The normalized spacial score (nSPS) is 42.3. The van der Waals surface area contributed by atoms with Crippen LogP contribution in [-0.4, -0.2) is 21.7 Å². The summed E-state index contributed by atoms with van der Waals surface area (Å²) in [6.07, 6.45) is 13.0. The zero-order valence-corrected chi connectivity index (χ0v) is 12.3. The van der Waals surface area contributed by atoms with Gasteiger partial charge in [-0.1, -0.05) is 12.2 Å². The van der Waals surface area contributed by atoms with Crippen LogP contribution in [0.15, 0.2) is 18.3 Å². The van der Waals surface area contributed by atoms with Gasteiger partial charge in [-0.15, -0.1) is 0 Å². The third-order valence-corrected chi connectivity index (χ3v) is 6.23. The van der Waals surface area contributed by atoms with Crippen LogP contribution in [0.5, 0.6) is 0 Å². The van der Waals surface area contributed by atoms with Gasteiger partial charge in [0.25, 0.3) is 0 Å². The third kappa shape index (κ3) is 1.80. The Hall–Kier alpha value is -1.35. The van der Waals surface area contributed by atoms with E-state index in [0.29, 0.717) is 17.9 Å². The maximum atomic E-state index is 10.7. The lowest BCUT2D eigenvalue weighted by Gasteiger charge is -2.58. The molecule has 4 bridgehead atoms. The molecule has 1 aromatic rings. The van der Waals surface area contributed by atoms with Gasteiger partial charge in [-0.3, -0.25) is 4.98 Å². The van der Waals surface area contributed by atoms with Gasteiger partial charge in [0, 0.05) is 29.9 Å². The first-order chi connectivity index (χ1) is 10.2. The average Bonchev–Trinajstić information content (AvgIpc) is 2.90. The van der Waals surface area contributed by atoms with Gasteiger partial charge in [0.2, 0.25) is 0 Å². The highest BCUT2D eigenvalue weighted by molar-refractivity contribution is 5.71. The number of nitrogens with zero attached hydrogens (tertiary/aromatic N) is 1. The molecule has 5 aliphatic rings. The maximum Gasteiger partial charge on any atom is 0.0657 e. The molecule has 2 N–H and O–H groups in total. The first-order valence-corrected chi connectivity index (χ1v) is 8.33. The Labute approximate surface area is 125 Å². The van der Waals surface area contributed by atoms with Crippen LogP contribution in [0.25, 0.3) is 6.08 Å². The largest absolute Gasteiger partial charge is 0.390 e. The molecule has 5 aliphatic carbocycles. The first kappa shape index (κ1) is 12.2. The van der Waals surface area contributed by atoms with Crippen molar-refractivity contribution in [2.45, 2.75) is 50.2 Å². The molecule has 5 atom stereocenters. The monoisotopic (exact) mass is 282 g/mol. The average molecular weight is 282 g/mol. The fraction of sp³-hybridized carbons (Fsp3) is 0.611. The highest BCUT2D eigenvalue weighted by Crippen LogP contribution is 2.56. The third-order valence-electron chi connectivity index (χ3n) is 6.23. The van der Waals surface area contributed by atoms with Crippen LogP contribution in [0.4, 0.5) is 5.69 Å². The smallest absolute Gasteiger partial charge is 0.0657 e. The van der Waals surface area contributed by atoms with Gasteiger partial charge in [-0.05, 0) is 55.9 Å². The molecule has 0 saturated heterocycles.